The molecule has 2 heteroatoms. The summed E-state index contributed by atoms with van der Waals surface area (Å²) in [6.07, 6.45) is 4.57. The molecule has 64 valence electrons. The molecular formula is C10H12O2. The Bertz CT molecular complexity index is 239. The van der Waals surface area contributed by atoms with E-state index in [2.05, 4.69) is 12.2 Å². The average molecular weight is 164 g/mol. The smallest absolute Gasteiger partial charge is 0.0687 e. The zero-order chi connectivity index (χ0) is 7.97. The van der Waals surface area contributed by atoms with Crippen molar-refractivity contribution in [3.8, 4) is 0 Å². The highest BCUT2D eigenvalue weighted by molar-refractivity contribution is 5.34. The number of hydrogen-bond acceptors (Lipinski definition) is 2. The first-order valence-corrected chi connectivity index (χ1v) is 4.51. The zero-order valence-electron chi connectivity index (χ0n) is 6.95. The topological polar surface area (TPSA) is 18.5 Å². The van der Waals surface area contributed by atoms with Gasteiger partial charge in [0.1, 0.15) is 0 Å². The Morgan fingerprint density at radius 3 is 1.92 bits per heavy atom. The minimum atomic E-state index is 0.568. The molecule has 0 amide bonds. The summed E-state index contributed by atoms with van der Waals surface area (Å²) in [7, 11) is 0. The van der Waals surface area contributed by atoms with Crippen molar-refractivity contribution in [1.29, 1.82) is 0 Å². The lowest BCUT2D eigenvalue weighted by molar-refractivity contribution is 0.191. The Kier molecular flexibility index (Phi) is 1.40. The van der Waals surface area contributed by atoms with Gasteiger partial charge in [-0.25, -0.2) is 0 Å². The Balaban J connectivity index is 2.04. The van der Waals surface area contributed by atoms with Gasteiger partial charge in [0.25, 0.3) is 0 Å². The molecule has 0 aromatic carbocycles. The molecule has 0 bridgehead atoms. The van der Waals surface area contributed by atoms with Gasteiger partial charge in [0, 0.05) is 11.8 Å². The Morgan fingerprint density at radius 1 is 0.917 bits per heavy atom. The van der Waals surface area contributed by atoms with Gasteiger partial charge in [-0.15, -0.1) is 0 Å². The standard InChI is InChI=1S/C10H12O2/c1-2-8-4-12-6-10(8)9-5-11-3-7(1)9/h1-2,7-8H,3-6H2. The molecule has 0 radical (unpaired) electrons. The van der Waals surface area contributed by atoms with Crippen LogP contribution in [-0.2, 0) is 9.47 Å². The summed E-state index contributed by atoms with van der Waals surface area (Å²) in [5.74, 6) is 1.14. The molecule has 2 heterocycles. The van der Waals surface area contributed by atoms with E-state index in [4.69, 9.17) is 9.47 Å². The van der Waals surface area contributed by atoms with E-state index in [1.807, 2.05) is 0 Å². The molecule has 2 atom stereocenters. The largest absolute Gasteiger partial charge is 0.376 e. The first-order chi connectivity index (χ1) is 5.95. The maximum Gasteiger partial charge on any atom is 0.0687 e. The molecule has 12 heavy (non-hydrogen) atoms. The van der Waals surface area contributed by atoms with Crippen molar-refractivity contribution in [3.63, 3.8) is 0 Å². The van der Waals surface area contributed by atoms with Crippen LogP contribution in [0.4, 0.5) is 0 Å². The van der Waals surface area contributed by atoms with Gasteiger partial charge in [-0.1, -0.05) is 12.2 Å². The second kappa shape index (κ2) is 2.44. The van der Waals surface area contributed by atoms with Crippen molar-refractivity contribution in [2.45, 2.75) is 0 Å². The van der Waals surface area contributed by atoms with Crippen molar-refractivity contribution < 1.29 is 9.47 Å². The van der Waals surface area contributed by atoms with Crippen LogP contribution in [0.5, 0.6) is 0 Å². The van der Waals surface area contributed by atoms with E-state index in [1.54, 1.807) is 0 Å². The van der Waals surface area contributed by atoms with Gasteiger partial charge < -0.3 is 9.47 Å². The maximum atomic E-state index is 5.44. The molecule has 0 aromatic heterocycles. The second-order valence-electron chi connectivity index (χ2n) is 3.68. The minimum Gasteiger partial charge on any atom is -0.376 e. The molecule has 2 aliphatic heterocycles. The van der Waals surface area contributed by atoms with Crippen LogP contribution in [0.25, 0.3) is 0 Å². The molecule has 0 spiro atoms. The van der Waals surface area contributed by atoms with Crippen molar-refractivity contribution in [2.24, 2.45) is 11.8 Å². The first kappa shape index (κ1) is 6.87. The van der Waals surface area contributed by atoms with Crippen LogP contribution in [-0.4, -0.2) is 26.4 Å². The molecule has 0 saturated carbocycles. The average Bonchev–Trinajstić information content (AvgIpc) is 2.71. The van der Waals surface area contributed by atoms with Gasteiger partial charge in [-0.05, 0) is 11.1 Å². The summed E-state index contributed by atoms with van der Waals surface area (Å²) in [5, 5.41) is 0. The van der Waals surface area contributed by atoms with Gasteiger partial charge in [0.2, 0.25) is 0 Å². The van der Waals surface area contributed by atoms with Crippen molar-refractivity contribution >= 4 is 0 Å². The highest BCUT2D eigenvalue weighted by atomic mass is 16.5. The van der Waals surface area contributed by atoms with Crippen molar-refractivity contribution in [3.05, 3.63) is 23.3 Å². The Labute approximate surface area is 71.9 Å². The van der Waals surface area contributed by atoms with Crippen LogP contribution >= 0.6 is 0 Å². The lowest BCUT2D eigenvalue weighted by atomic mass is 9.85. The summed E-state index contributed by atoms with van der Waals surface area (Å²) < 4.78 is 10.9. The predicted molar refractivity (Wildman–Crippen MR) is 44.8 cm³/mol. The van der Waals surface area contributed by atoms with E-state index in [-0.39, 0.29) is 0 Å². The Morgan fingerprint density at radius 2 is 1.42 bits per heavy atom. The van der Waals surface area contributed by atoms with Gasteiger partial charge in [-0.2, -0.15) is 0 Å². The molecule has 3 aliphatic rings. The van der Waals surface area contributed by atoms with Gasteiger partial charge in [0.15, 0.2) is 0 Å². The lowest BCUT2D eigenvalue weighted by Crippen LogP contribution is -2.12. The quantitative estimate of drug-likeness (QED) is 0.500. The molecule has 1 aliphatic carbocycles. The summed E-state index contributed by atoms with van der Waals surface area (Å²) >= 11 is 0. The number of fused-ring (bicyclic) bond motifs is 2. The molecule has 2 saturated heterocycles. The highest BCUT2D eigenvalue weighted by Crippen LogP contribution is 2.36. The minimum absolute atomic E-state index is 0.568. The molecule has 3 rings (SSSR count). The lowest BCUT2D eigenvalue weighted by Gasteiger charge is -2.17. The first-order valence-electron chi connectivity index (χ1n) is 4.51. The van der Waals surface area contributed by atoms with E-state index < -0.39 is 0 Å². The van der Waals surface area contributed by atoms with Crippen LogP contribution in [0.3, 0.4) is 0 Å². The monoisotopic (exact) mass is 164 g/mol. The SMILES string of the molecule is C1=CC2COCC2=C2COCC12. The third-order valence-corrected chi connectivity index (χ3v) is 2.99. The fourth-order valence-electron chi connectivity index (χ4n) is 2.28. The van der Waals surface area contributed by atoms with E-state index >= 15 is 0 Å². The molecular weight excluding hydrogens is 152 g/mol. The molecule has 0 aromatic rings. The molecule has 0 N–H and O–H groups in total. The van der Waals surface area contributed by atoms with Crippen LogP contribution in [0.15, 0.2) is 23.3 Å². The summed E-state index contributed by atoms with van der Waals surface area (Å²) in [5.41, 5.74) is 3.00. The van der Waals surface area contributed by atoms with E-state index in [0.29, 0.717) is 11.8 Å². The van der Waals surface area contributed by atoms with Crippen molar-refractivity contribution in [2.75, 3.05) is 26.4 Å². The third-order valence-electron chi connectivity index (χ3n) is 2.99. The number of rotatable bonds is 0. The fraction of sp³-hybridized carbons (Fsp3) is 0.600. The van der Waals surface area contributed by atoms with Crippen LogP contribution in [0.2, 0.25) is 0 Å². The van der Waals surface area contributed by atoms with E-state index in [1.165, 1.54) is 11.1 Å². The predicted octanol–water partition coefficient (Wildman–Crippen LogP) is 1.15. The summed E-state index contributed by atoms with van der Waals surface area (Å²) in [6, 6.07) is 0. The van der Waals surface area contributed by atoms with Crippen LogP contribution in [0.1, 0.15) is 0 Å². The number of ether oxygens (including phenoxy) is 2. The zero-order valence-corrected chi connectivity index (χ0v) is 6.95. The second-order valence-corrected chi connectivity index (χ2v) is 3.68. The highest BCUT2D eigenvalue weighted by Gasteiger charge is 2.32. The summed E-state index contributed by atoms with van der Waals surface area (Å²) in [4.78, 5) is 0. The fourth-order valence-corrected chi connectivity index (χ4v) is 2.28. The van der Waals surface area contributed by atoms with Crippen LogP contribution in [0, 0.1) is 11.8 Å². The Hall–Kier alpha value is -0.600. The van der Waals surface area contributed by atoms with Crippen LogP contribution < -0.4 is 0 Å². The number of hydrogen-bond donors (Lipinski definition) is 0. The van der Waals surface area contributed by atoms with Crippen molar-refractivity contribution in [1.82, 2.24) is 0 Å². The normalized spacial score (nSPS) is 38.7. The maximum absolute atomic E-state index is 5.44. The molecule has 2 unspecified atom stereocenters. The third kappa shape index (κ3) is 0.822. The molecule has 2 fully saturated rings. The molecule has 2 nitrogen and oxygen atoms in total. The van der Waals surface area contributed by atoms with Gasteiger partial charge in [-0.3, -0.25) is 0 Å². The van der Waals surface area contributed by atoms with E-state index in [0.717, 1.165) is 26.4 Å². The van der Waals surface area contributed by atoms with E-state index in [9.17, 15) is 0 Å². The van der Waals surface area contributed by atoms with Gasteiger partial charge in [0.05, 0.1) is 26.4 Å². The van der Waals surface area contributed by atoms with Gasteiger partial charge >= 0.3 is 0 Å². The summed E-state index contributed by atoms with van der Waals surface area (Å²) in [6.45, 7) is 3.43.